The minimum Gasteiger partial charge on any atom is -0.480 e. The summed E-state index contributed by atoms with van der Waals surface area (Å²) in [6.45, 7) is 2.44. The number of hydrogen-bond acceptors (Lipinski definition) is 4. The van der Waals surface area contributed by atoms with Crippen LogP contribution in [0.1, 0.15) is 63.4 Å². The van der Waals surface area contributed by atoms with Gasteiger partial charge in [0.15, 0.2) is 5.82 Å². The molecule has 36 heavy (non-hydrogen) atoms. The molecule has 3 aromatic rings. The Bertz CT molecular complexity index is 1310. The third kappa shape index (κ3) is 5.86. The maximum absolute atomic E-state index is 12.8. The molecule has 1 fully saturated rings. The summed E-state index contributed by atoms with van der Waals surface area (Å²) in [5, 5.41) is 12.4. The molecule has 0 bridgehead atoms. The molecule has 0 unspecified atom stereocenters. The van der Waals surface area contributed by atoms with E-state index in [4.69, 9.17) is 0 Å². The second kappa shape index (κ2) is 11.0. The Labute approximate surface area is 210 Å². The van der Waals surface area contributed by atoms with Crippen molar-refractivity contribution in [3.8, 4) is 0 Å². The van der Waals surface area contributed by atoms with E-state index < -0.39 is 17.4 Å². The molecule has 0 aliphatic heterocycles. The number of imidazole rings is 1. The van der Waals surface area contributed by atoms with Crippen LogP contribution in [0, 0.1) is 6.92 Å². The Kier molecular flexibility index (Phi) is 7.59. The van der Waals surface area contributed by atoms with E-state index in [-0.39, 0.29) is 5.78 Å². The van der Waals surface area contributed by atoms with Crippen LogP contribution in [-0.4, -0.2) is 37.9 Å². The number of carboxylic acid groups (broad SMARTS) is 1. The quantitative estimate of drug-likeness (QED) is 0.332. The smallest absolute Gasteiger partial charge is 0.329 e. The lowest BCUT2D eigenvalue weighted by molar-refractivity contribution is -0.144. The summed E-state index contributed by atoms with van der Waals surface area (Å²) in [6.07, 6.45) is 12.8. The minimum atomic E-state index is -1.18. The third-order valence-electron chi connectivity index (χ3n) is 6.42. The van der Waals surface area contributed by atoms with E-state index in [2.05, 4.69) is 10.3 Å². The number of ketones is 1. The highest BCUT2D eigenvalue weighted by Gasteiger charge is 2.42. The second-order valence-electron chi connectivity index (χ2n) is 9.09. The monoisotopic (exact) mass is 483 g/mol. The Hall–Kier alpha value is -4.26. The maximum Gasteiger partial charge on any atom is 0.329 e. The molecule has 2 N–H and O–H groups in total. The van der Waals surface area contributed by atoms with Crippen LogP contribution in [0.15, 0.2) is 73.1 Å². The van der Waals surface area contributed by atoms with E-state index in [9.17, 15) is 19.5 Å². The van der Waals surface area contributed by atoms with E-state index >= 15 is 0 Å². The number of aliphatic carboxylic acids is 1. The molecule has 0 radical (unpaired) electrons. The number of carbonyl (C=O) groups is 3. The van der Waals surface area contributed by atoms with Gasteiger partial charge in [0.2, 0.25) is 5.78 Å². The Morgan fingerprint density at radius 2 is 1.81 bits per heavy atom. The van der Waals surface area contributed by atoms with Crippen molar-refractivity contribution in [2.24, 2.45) is 0 Å². The zero-order valence-electron chi connectivity index (χ0n) is 20.2. The molecule has 0 saturated heterocycles. The van der Waals surface area contributed by atoms with Crippen LogP contribution < -0.4 is 5.32 Å². The number of carbonyl (C=O) groups excluding carboxylic acids is 2. The zero-order valence-corrected chi connectivity index (χ0v) is 20.2. The van der Waals surface area contributed by atoms with Crippen LogP contribution in [0.25, 0.3) is 12.2 Å². The van der Waals surface area contributed by atoms with Gasteiger partial charge in [-0.25, -0.2) is 9.78 Å². The lowest BCUT2D eigenvalue weighted by atomic mass is 9.97. The van der Waals surface area contributed by atoms with Gasteiger partial charge in [-0.2, -0.15) is 0 Å². The van der Waals surface area contributed by atoms with Crippen molar-refractivity contribution in [2.45, 2.75) is 44.7 Å². The van der Waals surface area contributed by atoms with Crippen molar-refractivity contribution >= 4 is 29.8 Å². The molecule has 7 heteroatoms. The zero-order chi connectivity index (χ0) is 25.5. The van der Waals surface area contributed by atoms with Crippen LogP contribution in [0.5, 0.6) is 0 Å². The van der Waals surface area contributed by atoms with Gasteiger partial charge in [0, 0.05) is 24.5 Å². The predicted octanol–water partition coefficient (Wildman–Crippen LogP) is 4.93. The maximum atomic E-state index is 12.8. The molecule has 1 aliphatic rings. The molecule has 1 saturated carbocycles. The molecule has 1 aromatic heterocycles. The van der Waals surface area contributed by atoms with E-state index in [0.29, 0.717) is 30.8 Å². The van der Waals surface area contributed by atoms with E-state index in [1.54, 1.807) is 41.2 Å². The molecule has 7 nitrogen and oxygen atoms in total. The average molecular weight is 484 g/mol. The van der Waals surface area contributed by atoms with Gasteiger partial charge in [0.25, 0.3) is 5.91 Å². The molecule has 1 aliphatic carbocycles. The standard InChI is InChI=1S/C29H29N3O4/c1-21-9-11-22(12-10-21)13-14-25(33)26-30-17-19-32(26)18-5-7-23-6-4-8-24(20-23)27(34)31-29(28(35)36)15-2-3-16-29/h4-14,17,19-20H,2-3,15-16,18H2,1H3,(H,31,34)(H,35,36)/b7-5+,14-13+. The molecule has 1 heterocycles. The van der Waals surface area contributed by atoms with Gasteiger partial charge >= 0.3 is 5.97 Å². The van der Waals surface area contributed by atoms with Gasteiger partial charge < -0.3 is 15.0 Å². The predicted molar refractivity (Wildman–Crippen MR) is 139 cm³/mol. The van der Waals surface area contributed by atoms with Crippen LogP contribution >= 0.6 is 0 Å². The number of nitrogens with zero attached hydrogens (tertiary/aromatic N) is 2. The first-order valence-corrected chi connectivity index (χ1v) is 12.0. The molecule has 184 valence electrons. The number of nitrogens with one attached hydrogen (secondary N) is 1. The summed E-state index contributed by atoms with van der Waals surface area (Å²) in [5.74, 6) is -1.22. The molecule has 4 rings (SSSR count). The fourth-order valence-corrected chi connectivity index (χ4v) is 4.35. The Balaban J connectivity index is 1.40. The summed E-state index contributed by atoms with van der Waals surface area (Å²) in [6, 6.07) is 14.9. The summed E-state index contributed by atoms with van der Waals surface area (Å²) in [4.78, 5) is 41.4. The van der Waals surface area contributed by atoms with Crippen molar-refractivity contribution in [1.29, 1.82) is 0 Å². The molecule has 1 amide bonds. The SMILES string of the molecule is Cc1ccc(/C=C/C(=O)c2nccn2C/C=C/c2cccc(C(=O)NC3(C(=O)O)CCCC3)c2)cc1. The topological polar surface area (TPSA) is 101 Å². The first kappa shape index (κ1) is 24.9. The summed E-state index contributed by atoms with van der Waals surface area (Å²) >= 11 is 0. The Morgan fingerprint density at radius 1 is 1.06 bits per heavy atom. The summed E-state index contributed by atoms with van der Waals surface area (Å²) in [5.41, 5.74) is 2.12. The molecule has 2 aromatic carbocycles. The number of hydrogen-bond donors (Lipinski definition) is 2. The summed E-state index contributed by atoms with van der Waals surface area (Å²) in [7, 11) is 0. The third-order valence-corrected chi connectivity index (χ3v) is 6.42. The fourth-order valence-electron chi connectivity index (χ4n) is 4.35. The largest absolute Gasteiger partial charge is 0.480 e. The first-order valence-electron chi connectivity index (χ1n) is 12.0. The second-order valence-corrected chi connectivity index (χ2v) is 9.09. The van der Waals surface area contributed by atoms with Crippen LogP contribution in [0.4, 0.5) is 0 Å². The normalized spacial score (nSPS) is 14.9. The number of carboxylic acids is 1. The molecular weight excluding hydrogens is 454 g/mol. The van der Waals surface area contributed by atoms with Gasteiger partial charge in [-0.15, -0.1) is 0 Å². The van der Waals surface area contributed by atoms with Crippen LogP contribution in [-0.2, 0) is 11.3 Å². The van der Waals surface area contributed by atoms with Gasteiger partial charge in [0.1, 0.15) is 5.54 Å². The van der Waals surface area contributed by atoms with Crippen molar-refractivity contribution < 1.29 is 19.5 Å². The Morgan fingerprint density at radius 3 is 2.53 bits per heavy atom. The first-order chi connectivity index (χ1) is 17.4. The van der Waals surface area contributed by atoms with Gasteiger partial charge in [-0.3, -0.25) is 9.59 Å². The average Bonchev–Trinajstić information content (AvgIpc) is 3.54. The number of benzene rings is 2. The van der Waals surface area contributed by atoms with E-state index in [1.807, 2.05) is 49.4 Å². The number of amides is 1. The lowest BCUT2D eigenvalue weighted by Gasteiger charge is -2.25. The molecule has 0 atom stereocenters. The number of aromatic nitrogens is 2. The van der Waals surface area contributed by atoms with Crippen molar-refractivity contribution in [3.63, 3.8) is 0 Å². The number of rotatable bonds is 9. The highest BCUT2D eigenvalue weighted by Crippen LogP contribution is 2.30. The minimum absolute atomic E-state index is 0.188. The molecule has 0 spiro atoms. The summed E-state index contributed by atoms with van der Waals surface area (Å²) < 4.78 is 1.76. The van der Waals surface area contributed by atoms with Gasteiger partial charge in [0.05, 0.1) is 0 Å². The van der Waals surface area contributed by atoms with E-state index in [0.717, 1.165) is 29.5 Å². The van der Waals surface area contributed by atoms with Crippen molar-refractivity contribution in [2.75, 3.05) is 0 Å². The molecular formula is C29H29N3O4. The van der Waals surface area contributed by atoms with Gasteiger partial charge in [-0.05, 0) is 49.1 Å². The lowest BCUT2D eigenvalue weighted by Crippen LogP contribution is -2.52. The van der Waals surface area contributed by atoms with Crippen LogP contribution in [0.2, 0.25) is 0 Å². The number of allylic oxidation sites excluding steroid dienone is 2. The van der Waals surface area contributed by atoms with Crippen molar-refractivity contribution in [1.82, 2.24) is 14.9 Å². The van der Waals surface area contributed by atoms with E-state index in [1.165, 1.54) is 6.08 Å². The highest BCUT2D eigenvalue weighted by molar-refractivity contribution is 6.04. The van der Waals surface area contributed by atoms with Crippen LogP contribution in [0.3, 0.4) is 0 Å². The highest BCUT2D eigenvalue weighted by atomic mass is 16.4. The van der Waals surface area contributed by atoms with Gasteiger partial charge in [-0.1, -0.05) is 73.0 Å². The fraction of sp³-hybridized carbons (Fsp3) is 0.241. The number of aryl methyl sites for hydroxylation is 1. The van der Waals surface area contributed by atoms with Crippen molar-refractivity contribution in [3.05, 3.63) is 101 Å².